The molecule has 2 aromatic heterocycles. The maximum Gasteiger partial charge on any atom is 0.434 e. The molecule has 2 rings (SSSR count). The van der Waals surface area contributed by atoms with Gasteiger partial charge in [-0.15, -0.1) is 35.3 Å². The van der Waals surface area contributed by atoms with Gasteiger partial charge < -0.3 is 16.0 Å². The molecule has 0 aliphatic heterocycles. The van der Waals surface area contributed by atoms with Crippen LogP contribution in [0.3, 0.4) is 0 Å². The van der Waals surface area contributed by atoms with E-state index in [1.165, 1.54) is 0 Å². The second-order valence-electron chi connectivity index (χ2n) is 6.02. The highest BCUT2D eigenvalue weighted by Gasteiger charge is 2.33. The number of anilines is 1. The van der Waals surface area contributed by atoms with Gasteiger partial charge in [0.2, 0.25) is 5.91 Å². The molecule has 0 aromatic carbocycles. The number of amides is 1. The average molecular weight is 556 g/mol. The van der Waals surface area contributed by atoms with Crippen LogP contribution >= 0.6 is 35.3 Å². The summed E-state index contributed by atoms with van der Waals surface area (Å²) in [5, 5.41) is 10.2. The molecule has 0 aliphatic carbocycles. The number of pyridine rings is 1. The largest absolute Gasteiger partial charge is 0.434 e. The molecule has 0 saturated heterocycles. The number of carbonyl (C=O) groups excluding carboxylic acids is 1. The van der Waals surface area contributed by atoms with E-state index in [-0.39, 0.29) is 42.8 Å². The van der Waals surface area contributed by atoms with Gasteiger partial charge in [0.1, 0.15) is 5.82 Å². The molecule has 0 aliphatic rings. The molecule has 0 atom stereocenters. The van der Waals surface area contributed by atoms with Gasteiger partial charge in [0.25, 0.3) is 0 Å². The molecule has 2 heterocycles. The lowest BCUT2D eigenvalue weighted by molar-refractivity contribution is -0.140. The summed E-state index contributed by atoms with van der Waals surface area (Å²) >= 11 is 0.965. The van der Waals surface area contributed by atoms with Crippen LogP contribution in [0.4, 0.5) is 19.0 Å². The molecule has 0 radical (unpaired) electrons. The number of hydrogen-bond donors (Lipinski definition) is 3. The van der Waals surface area contributed by atoms with Crippen LogP contribution in [0.15, 0.2) is 28.6 Å². The third kappa shape index (κ3) is 9.24. The van der Waals surface area contributed by atoms with Gasteiger partial charge in [-0.2, -0.15) is 13.2 Å². The summed E-state index contributed by atoms with van der Waals surface area (Å²) in [6.45, 7) is 4.97. The van der Waals surface area contributed by atoms with Crippen molar-refractivity contribution in [1.29, 1.82) is 0 Å². The summed E-state index contributed by atoms with van der Waals surface area (Å²) in [6, 6.07) is 5.37. The van der Waals surface area contributed by atoms with E-state index < -0.39 is 11.9 Å². The summed E-state index contributed by atoms with van der Waals surface area (Å²) in [5.74, 6) is 0.799. The van der Waals surface area contributed by atoms with Gasteiger partial charge in [-0.3, -0.25) is 9.79 Å². The van der Waals surface area contributed by atoms with Crippen LogP contribution in [-0.2, 0) is 17.4 Å². The average Bonchev–Trinajstić information content (AvgIpc) is 3.11. The Hall–Kier alpha value is -1.96. The summed E-state index contributed by atoms with van der Waals surface area (Å²) < 4.78 is 37.7. The number of nitrogens with one attached hydrogen (secondary N) is 3. The van der Waals surface area contributed by atoms with Gasteiger partial charge in [0, 0.05) is 43.5 Å². The standard InChI is InChI=1S/C18H23F3N6OS.HI/c1-3-22-17(24-10-8-16-26-13(11-29-16)18(19,20)21)23-9-7-15(28)27-14-6-4-5-12(2)25-14;/h4-6,11H,3,7-10H2,1-2H3,(H2,22,23,24)(H,25,27,28);1H. The minimum atomic E-state index is -4.43. The third-order valence-corrected chi connectivity index (χ3v) is 4.49. The predicted octanol–water partition coefficient (Wildman–Crippen LogP) is 3.61. The number of guanidine groups is 1. The van der Waals surface area contributed by atoms with E-state index in [4.69, 9.17) is 0 Å². The van der Waals surface area contributed by atoms with Crippen molar-refractivity contribution in [3.63, 3.8) is 0 Å². The van der Waals surface area contributed by atoms with E-state index in [1.807, 2.05) is 26.0 Å². The Morgan fingerprint density at radius 2 is 2.00 bits per heavy atom. The number of hydrogen-bond acceptors (Lipinski definition) is 5. The van der Waals surface area contributed by atoms with Crippen molar-refractivity contribution >= 4 is 53.0 Å². The van der Waals surface area contributed by atoms with Crippen molar-refractivity contribution in [3.05, 3.63) is 40.0 Å². The molecule has 0 saturated carbocycles. The molecule has 30 heavy (non-hydrogen) atoms. The Morgan fingerprint density at radius 1 is 1.23 bits per heavy atom. The normalized spacial score (nSPS) is 11.6. The Balaban J connectivity index is 0.00000450. The molecule has 12 heteroatoms. The van der Waals surface area contributed by atoms with E-state index in [9.17, 15) is 18.0 Å². The summed E-state index contributed by atoms with van der Waals surface area (Å²) in [7, 11) is 0. The van der Waals surface area contributed by atoms with Crippen molar-refractivity contribution in [1.82, 2.24) is 20.6 Å². The predicted molar refractivity (Wildman–Crippen MR) is 122 cm³/mol. The molecule has 0 unspecified atom stereocenters. The second kappa shape index (κ2) is 12.7. The van der Waals surface area contributed by atoms with E-state index in [0.717, 1.165) is 22.4 Å². The van der Waals surface area contributed by atoms with Crippen molar-refractivity contribution in [2.45, 2.75) is 32.9 Å². The number of nitrogens with zero attached hydrogens (tertiary/aromatic N) is 3. The smallest absolute Gasteiger partial charge is 0.357 e. The number of aliphatic imine (C=N–C) groups is 1. The zero-order valence-electron chi connectivity index (χ0n) is 16.5. The highest BCUT2D eigenvalue weighted by Crippen LogP contribution is 2.30. The van der Waals surface area contributed by atoms with Gasteiger partial charge in [-0.1, -0.05) is 6.07 Å². The summed E-state index contributed by atoms with van der Waals surface area (Å²) in [5.41, 5.74) is -0.0642. The molecule has 3 N–H and O–H groups in total. The lowest BCUT2D eigenvalue weighted by Crippen LogP contribution is -2.38. The number of aryl methyl sites for hydroxylation is 1. The topological polar surface area (TPSA) is 91.3 Å². The first kappa shape index (κ1) is 26.1. The lowest BCUT2D eigenvalue weighted by Gasteiger charge is -2.11. The van der Waals surface area contributed by atoms with Crippen LogP contribution in [0.2, 0.25) is 0 Å². The highest BCUT2D eigenvalue weighted by molar-refractivity contribution is 14.0. The fraction of sp³-hybridized carbons (Fsp3) is 0.444. The molecule has 2 aromatic rings. The fourth-order valence-electron chi connectivity index (χ4n) is 2.27. The molecule has 0 spiro atoms. The first-order chi connectivity index (χ1) is 13.8. The summed E-state index contributed by atoms with van der Waals surface area (Å²) in [4.78, 5) is 24.1. The number of carbonyl (C=O) groups is 1. The van der Waals surface area contributed by atoms with Crippen LogP contribution < -0.4 is 16.0 Å². The molecular formula is C18H24F3IN6OS. The molecule has 7 nitrogen and oxygen atoms in total. The van der Waals surface area contributed by atoms with Crippen molar-refractivity contribution < 1.29 is 18.0 Å². The Morgan fingerprint density at radius 3 is 2.63 bits per heavy atom. The quantitative estimate of drug-likeness (QED) is 0.263. The number of thiazole rings is 1. The number of halogens is 4. The van der Waals surface area contributed by atoms with E-state index in [2.05, 4.69) is 30.9 Å². The Kier molecular flexibility index (Phi) is 11.0. The minimum Gasteiger partial charge on any atom is -0.357 e. The highest BCUT2D eigenvalue weighted by atomic mass is 127. The van der Waals surface area contributed by atoms with Crippen LogP contribution in [-0.4, -0.2) is 41.5 Å². The Labute approximate surface area is 194 Å². The van der Waals surface area contributed by atoms with Gasteiger partial charge in [-0.05, 0) is 26.0 Å². The van der Waals surface area contributed by atoms with Crippen molar-refractivity contribution in [3.8, 4) is 0 Å². The molecule has 1 amide bonds. The van der Waals surface area contributed by atoms with Gasteiger partial charge in [0.15, 0.2) is 11.7 Å². The van der Waals surface area contributed by atoms with Gasteiger partial charge in [0.05, 0.1) is 5.01 Å². The number of rotatable bonds is 8. The zero-order chi connectivity index (χ0) is 21.3. The van der Waals surface area contributed by atoms with E-state index in [1.54, 1.807) is 6.07 Å². The maximum atomic E-state index is 12.6. The van der Waals surface area contributed by atoms with Crippen LogP contribution in [0.5, 0.6) is 0 Å². The molecule has 0 fully saturated rings. The van der Waals surface area contributed by atoms with Crippen molar-refractivity contribution in [2.24, 2.45) is 4.99 Å². The SMILES string of the molecule is CCNC(=NCCc1nc(C(F)(F)F)cs1)NCCC(=O)Nc1cccc(C)n1.I. The van der Waals surface area contributed by atoms with Crippen molar-refractivity contribution in [2.75, 3.05) is 25.0 Å². The first-order valence-corrected chi connectivity index (χ1v) is 9.93. The Bertz CT molecular complexity index is 843. The zero-order valence-corrected chi connectivity index (χ0v) is 19.7. The molecular weight excluding hydrogens is 532 g/mol. The van der Waals surface area contributed by atoms with E-state index in [0.29, 0.717) is 36.3 Å². The van der Waals surface area contributed by atoms with Crippen LogP contribution in [0, 0.1) is 6.92 Å². The summed E-state index contributed by atoms with van der Waals surface area (Å²) in [6.07, 6.45) is -3.92. The minimum absolute atomic E-state index is 0. The fourth-order valence-corrected chi connectivity index (χ4v) is 3.07. The second-order valence-corrected chi connectivity index (χ2v) is 6.97. The van der Waals surface area contributed by atoms with E-state index >= 15 is 0 Å². The first-order valence-electron chi connectivity index (χ1n) is 9.05. The van der Waals surface area contributed by atoms with Gasteiger partial charge in [-0.25, -0.2) is 9.97 Å². The monoisotopic (exact) mass is 556 g/mol. The van der Waals surface area contributed by atoms with Gasteiger partial charge >= 0.3 is 6.18 Å². The van der Waals surface area contributed by atoms with Crippen LogP contribution in [0.1, 0.15) is 29.7 Å². The third-order valence-electron chi connectivity index (χ3n) is 3.58. The molecule has 166 valence electrons. The lowest BCUT2D eigenvalue weighted by atomic mass is 10.3. The maximum absolute atomic E-state index is 12.6. The molecule has 0 bridgehead atoms. The number of aromatic nitrogens is 2. The number of alkyl halides is 3. The van der Waals surface area contributed by atoms with Crippen LogP contribution in [0.25, 0.3) is 0 Å².